The van der Waals surface area contributed by atoms with Crippen molar-refractivity contribution in [3.05, 3.63) is 60.7 Å². The molecule has 2 aromatic carbocycles. The van der Waals surface area contributed by atoms with Crippen molar-refractivity contribution in [3.63, 3.8) is 0 Å². The molecular weight excluding hydrogens is 288 g/mol. The first-order valence-corrected chi connectivity index (χ1v) is 7.91. The van der Waals surface area contributed by atoms with E-state index in [2.05, 4.69) is 12.3 Å². The number of hydrogen-bond donors (Lipinski definition) is 1. The molecule has 4 heteroatoms. The fourth-order valence-corrected chi connectivity index (χ4v) is 2.37. The van der Waals surface area contributed by atoms with Crippen LogP contribution in [-0.2, 0) is 9.53 Å². The molecule has 2 aromatic rings. The van der Waals surface area contributed by atoms with Gasteiger partial charge >= 0.3 is 5.97 Å². The van der Waals surface area contributed by atoms with Crippen molar-refractivity contribution in [1.82, 2.24) is 5.43 Å². The fraction of sp³-hybridized carbons (Fsp3) is 0.316. The Bertz CT molecular complexity index is 562. The van der Waals surface area contributed by atoms with Gasteiger partial charge in [0.05, 0.1) is 18.5 Å². The van der Waals surface area contributed by atoms with Crippen LogP contribution in [0.5, 0.6) is 0 Å². The zero-order chi connectivity index (χ0) is 16.7. The molecule has 0 spiro atoms. The molecular formula is C19H24N2O2. The van der Waals surface area contributed by atoms with E-state index >= 15 is 0 Å². The first-order valence-electron chi connectivity index (χ1n) is 7.91. The highest BCUT2D eigenvalue weighted by Gasteiger charge is 2.27. The van der Waals surface area contributed by atoms with Crippen molar-refractivity contribution in [2.45, 2.75) is 26.3 Å². The van der Waals surface area contributed by atoms with E-state index in [-0.39, 0.29) is 11.9 Å². The second-order valence-electron chi connectivity index (χ2n) is 5.52. The Kier molecular flexibility index (Phi) is 6.18. The van der Waals surface area contributed by atoms with Crippen LogP contribution in [0.25, 0.3) is 0 Å². The van der Waals surface area contributed by atoms with Crippen LogP contribution in [-0.4, -0.2) is 19.1 Å². The smallest absolute Gasteiger partial charge is 0.324 e. The molecule has 0 amide bonds. The first-order chi connectivity index (χ1) is 11.2. The molecule has 1 N–H and O–H groups in total. The second kappa shape index (κ2) is 8.34. The monoisotopic (exact) mass is 312 g/mol. The van der Waals surface area contributed by atoms with Gasteiger partial charge in [-0.1, -0.05) is 56.7 Å². The van der Waals surface area contributed by atoms with E-state index in [1.165, 1.54) is 7.11 Å². The van der Waals surface area contributed by atoms with Crippen LogP contribution in [0.15, 0.2) is 60.7 Å². The maximum absolute atomic E-state index is 12.2. The van der Waals surface area contributed by atoms with Gasteiger partial charge in [-0.2, -0.15) is 0 Å². The Morgan fingerprint density at radius 1 is 1.04 bits per heavy atom. The van der Waals surface area contributed by atoms with Crippen molar-refractivity contribution >= 4 is 17.3 Å². The number of esters is 1. The van der Waals surface area contributed by atoms with Gasteiger partial charge in [0, 0.05) is 0 Å². The van der Waals surface area contributed by atoms with Crippen molar-refractivity contribution < 1.29 is 9.53 Å². The van der Waals surface area contributed by atoms with Crippen molar-refractivity contribution in [1.29, 1.82) is 0 Å². The topological polar surface area (TPSA) is 41.6 Å². The summed E-state index contributed by atoms with van der Waals surface area (Å²) in [7, 11) is 1.43. The van der Waals surface area contributed by atoms with E-state index in [0.29, 0.717) is 0 Å². The van der Waals surface area contributed by atoms with E-state index in [9.17, 15) is 4.79 Å². The molecule has 2 unspecified atom stereocenters. The summed E-state index contributed by atoms with van der Waals surface area (Å²) >= 11 is 0. The van der Waals surface area contributed by atoms with Gasteiger partial charge in [-0.15, -0.1) is 0 Å². The molecule has 0 saturated heterocycles. The minimum atomic E-state index is -0.412. The Balaban J connectivity index is 2.35. The minimum Gasteiger partial charge on any atom is -0.468 e. The second-order valence-corrected chi connectivity index (χ2v) is 5.52. The molecule has 4 nitrogen and oxygen atoms in total. The molecule has 0 heterocycles. The Labute approximate surface area is 138 Å². The number of hydrazine groups is 1. The summed E-state index contributed by atoms with van der Waals surface area (Å²) < 4.78 is 4.98. The van der Waals surface area contributed by atoms with Crippen LogP contribution in [0, 0.1) is 5.92 Å². The van der Waals surface area contributed by atoms with Crippen LogP contribution < -0.4 is 10.4 Å². The number of carbonyl (C=O) groups is 1. The van der Waals surface area contributed by atoms with Crippen LogP contribution >= 0.6 is 0 Å². The molecule has 0 aliphatic heterocycles. The number of methoxy groups -OCH3 is 1. The Morgan fingerprint density at radius 3 is 1.91 bits per heavy atom. The number of ether oxygens (including phenoxy) is 1. The van der Waals surface area contributed by atoms with E-state index in [0.717, 1.165) is 17.8 Å². The number of carbonyl (C=O) groups excluding carboxylic acids is 1. The van der Waals surface area contributed by atoms with Gasteiger partial charge in [0.25, 0.3) is 0 Å². The number of nitrogens with one attached hydrogen (secondary N) is 1. The van der Waals surface area contributed by atoms with Gasteiger partial charge < -0.3 is 4.74 Å². The van der Waals surface area contributed by atoms with Crippen molar-refractivity contribution in [2.75, 3.05) is 12.1 Å². The molecule has 0 fully saturated rings. The average molecular weight is 312 g/mol. The van der Waals surface area contributed by atoms with E-state index in [4.69, 9.17) is 4.74 Å². The number of para-hydroxylation sites is 2. The third-order valence-corrected chi connectivity index (χ3v) is 3.97. The first kappa shape index (κ1) is 17.0. The highest BCUT2D eigenvalue weighted by Crippen LogP contribution is 2.24. The predicted molar refractivity (Wildman–Crippen MR) is 93.4 cm³/mol. The molecule has 122 valence electrons. The summed E-state index contributed by atoms with van der Waals surface area (Å²) in [5.74, 6) is -0.103. The van der Waals surface area contributed by atoms with Crippen LogP contribution in [0.4, 0.5) is 11.4 Å². The predicted octanol–water partition coefficient (Wildman–Crippen LogP) is 3.92. The lowest BCUT2D eigenvalue weighted by Gasteiger charge is -2.32. The SMILES string of the molecule is CCC(C)C(NN(c1ccccc1)c1ccccc1)C(=O)OC. The maximum atomic E-state index is 12.2. The molecule has 2 rings (SSSR count). The highest BCUT2D eigenvalue weighted by atomic mass is 16.5. The molecule has 0 aliphatic carbocycles. The normalized spacial score (nSPS) is 13.2. The third-order valence-electron chi connectivity index (χ3n) is 3.97. The summed E-state index contributed by atoms with van der Waals surface area (Å²) in [5.41, 5.74) is 5.28. The standard InChI is InChI=1S/C19H24N2O2/c1-4-15(2)18(19(22)23-3)20-21(16-11-7-5-8-12-16)17-13-9-6-10-14-17/h5-15,18,20H,4H2,1-3H3. The number of nitrogens with zero attached hydrogens (tertiary/aromatic N) is 1. The highest BCUT2D eigenvalue weighted by molar-refractivity contribution is 5.77. The fourth-order valence-electron chi connectivity index (χ4n) is 2.37. The minimum absolute atomic E-state index is 0.150. The zero-order valence-corrected chi connectivity index (χ0v) is 13.9. The van der Waals surface area contributed by atoms with Gasteiger partial charge in [-0.3, -0.25) is 9.80 Å². The van der Waals surface area contributed by atoms with Gasteiger partial charge in [0.15, 0.2) is 0 Å². The summed E-state index contributed by atoms with van der Waals surface area (Å²) in [5, 5.41) is 1.94. The average Bonchev–Trinajstić information content (AvgIpc) is 2.63. The Hall–Kier alpha value is -2.33. The van der Waals surface area contributed by atoms with Crippen LogP contribution in [0.2, 0.25) is 0 Å². The number of benzene rings is 2. The van der Waals surface area contributed by atoms with Crippen molar-refractivity contribution in [3.8, 4) is 0 Å². The number of hydrogen-bond acceptors (Lipinski definition) is 4. The van der Waals surface area contributed by atoms with E-state index in [1.807, 2.05) is 72.6 Å². The largest absolute Gasteiger partial charge is 0.468 e. The third kappa shape index (κ3) is 4.33. The maximum Gasteiger partial charge on any atom is 0.324 e. The van der Waals surface area contributed by atoms with Gasteiger partial charge in [0.2, 0.25) is 0 Å². The molecule has 23 heavy (non-hydrogen) atoms. The number of rotatable bonds is 7. The van der Waals surface area contributed by atoms with Crippen LogP contribution in [0.1, 0.15) is 20.3 Å². The zero-order valence-electron chi connectivity index (χ0n) is 13.9. The van der Waals surface area contributed by atoms with Crippen molar-refractivity contribution in [2.24, 2.45) is 5.92 Å². The molecule has 0 radical (unpaired) electrons. The van der Waals surface area contributed by atoms with E-state index < -0.39 is 6.04 Å². The summed E-state index contributed by atoms with van der Waals surface area (Å²) in [6.45, 7) is 4.11. The van der Waals surface area contributed by atoms with Gasteiger partial charge in [-0.25, -0.2) is 5.43 Å². The van der Waals surface area contributed by atoms with E-state index in [1.54, 1.807) is 0 Å². The summed E-state index contributed by atoms with van der Waals surface area (Å²) in [6, 6.07) is 19.5. The molecule has 0 aliphatic rings. The quantitative estimate of drug-likeness (QED) is 0.621. The lowest BCUT2D eigenvalue weighted by atomic mass is 10.00. The molecule has 0 aromatic heterocycles. The lowest BCUT2D eigenvalue weighted by Crippen LogP contribution is -2.50. The summed E-state index contributed by atoms with van der Waals surface area (Å²) in [6.07, 6.45) is 0.879. The lowest BCUT2D eigenvalue weighted by molar-refractivity contribution is -0.144. The van der Waals surface area contributed by atoms with Crippen LogP contribution in [0.3, 0.4) is 0 Å². The molecule has 0 saturated carbocycles. The van der Waals surface area contributed by atoms with Gasteiger partial charge in [-0.05, 0) is 30.2 Å². The Morgan fingerprint density at radius 2 is 1.52 bits per heavy atom. The molecule has 2 atom stereocenters. The summed E-state index contributed by atoms with van der Waals surface area (Å²) in [4.78, 5) is 12.2. The van der Waals surface area contributed by atoms with Gasteiger partial charge in [0.1, 0.15) is 6.04 Å². The number of anilines is 2. The molecule has 0 bridgehead atoms.